The van der Waals surface area contributed by atoms with Crippen molar-refractivity contribution in [1.29, 1.82) is 0 Å². The van der Waals surface area contributed by atoms with Crippen LogP contribution < -0.4 is 0 Å². The van der Waals surface area contributed by atoms with Gasteiger partial charge in [-0.25, -0.2) is 4.79 Å². The third-order valence-electron chi connectivity index (χ3n) is 4.03. The first-order valence-corrected chi connectivity index (χ1v) is 10.2. The molecule has 0 aromatic rings. The number of allylic oxidation sites excluding steroid dienone is 1. The van der Waals surface area contributed by atoms with E-state index in [0.29, 0.717) is 19.3 Å². The van der Waals surface area contributed by atoms with Gasteiger partial charge in [0.15, 0.2) is 5.78 Å². The molecule has 1 aliphatic carbocycles. The van der Waals surface area contributed by atoms with Crippen molar-refractivity contribution >= 4 is 25.3 Å². The zero-order valence-corrected chi connectivity index (χ0v) is 16.6. The predicted molar refractivity (Wildman–Crippen MR) is 93.5 cm³/mol. The normalized spacial score (nSPS) is 22.2. The molecule has 0 fully saturated rings. The summed E-state index contributed by atoms with van der Waals surface area (Å²) in [7, 11) is -1.62. The summed E-state index contributed by atoms with van der Waals surface area (Å²) >= 11 is 0. The second-order valence-electron chi connectivity index (χ2n) is 5.67. The smallest absolute Gasteiger partial charge is 0.357 e. The van der Waals surface area contributed by atoms with Gasteiger partial charge in [0.1, 0.15) is 5.92 Å². The monoisotopic (exact) mass is 390 g/mol. The van der Waals surface area contributed by atoms with E-state index in [4.69, 9.17) is 18.5 Å². The Morgan fingerprint density at radius 2 is 1.58 bits per heavy atom. The summed E-state index contributed by atoms with van der Waals surface area (Å²) in [6.45, 7) is 3.43. The van der Waals surface area contributed by atoms with Crippen molar-refractivity contribution in [3.8, 4) is 0 Å². The van der Waals surface area contributed by atoms with Gasteiger partial charge in [-0.05, 0) is 33.1 Å². The number of esters is 2. The number of Topliss-reactive ketones (excluding diaryl/α,β-unsaturated/α-hetero) is 1. The standard InChI is InChI=1S/C17H27O8P/c1-5-24-26(21,25-6-2)13-11-9-7-8-10-12(18)14(16(19)22-3)15(13)17(20)23-4/h14H,5-11H2,1-4H3/b15-13-. The summed E-state index contributed by atoms with van der Waals surface area (Å²) in [4.78, 5) is 37.5. The SMILES string of the molecule is CCOP(=O)(OCC)/C1=C(\C(=O)OC)C(C(=O)OC)C(=O)CCCCC1. The van der Waals surface area contributed by atoms with Crippen molar-refractivity contribution < 1.29 is 37.5 Å². The first kappa shape index (κ1) is 22.5. The van der Waals surface area contributed by atoms with Gasteiger partial charge < -0.3 is 18.5 Å². The molecule has 0 saturated carbocycles. The van der Waals surface area contributed by atoms with Crippen molar-refractivity contribution in [2.24, 2.45) is 5.92 Å². The lowest BCUT2D eigenvalue weighted by Crippen LogP contribution is -2.32. The van der Waals surface area contributed by atoms with E-state index in [0.717, 1.165) is 14.2 Å². The van der Waals surface area contributed by atoms with Gasteiger partial charge in [0.05, 0.1) is 38.3 Å². The van der Waals surface area contributed by atoms with Gasteiger partial charge in [0.25, 0.3) is 0 Å². The van der Waals surface area contributed by atoms with Gasteiger partial charge in [-0.3, -0.25) is 14.2 Å². The summed E-state index contributed by atoms with van der Waals surface area (Å²) < 4.78 is 33.6. The molecular weight excluding hydrogens is 363 g/mol. The Morgan fingerprint density at radius 3 is 2.08 bits per heavy atom. The number of hydrogen-bond donors (Lipinski definition) is 0. The molecule has 0 N–H and O–H groups in total. The van der Waals surface area contributed by atoms with Gasteiger partial charge in [-0.15, -0.1) is 0 Å². The lowest BCUT2D eigenvalue weighted by Gasteiger charge is -2.24. The molecule has 26 heavy (non-hydrogen) atoms. The van der Waals surface area contributed by atoms with Crippen LogP contribution in [0.4, 0.5) is 0 Å². The number of hydrogen-bond acceptors (Lipinski definition) is 8. The van der Waals surface area contributed by atoms with Gasteiger partial charge in [0.2, 0.25) is 0 Å². The molecule has 9 heteroatoms. The first-order chi connectivity index (χ1) is 12.4. The zero-order chi connectivity index (χ0) is 19.7. The molecule has 0 amide bonds. The van der Waals surface area contributed by atoms with Crippen molar-refractivity contribution in [3.05, 3.63) is 10.9 Å². The van der Waals surface area contributed by atoms with Crippen LogP contribution in [0, 0.1) is 5.92 Å². The van der Waals surface area contributed by atoms with Gasteiger partial charge >= 0.3 is 19.5 Å². The molecule has 8 nitrogen and oxygen atoms in total. The molecule has 1 aliphatic rings. The molecule has 0 bridgehead atoms. The molecule has 0 aliphatic heterocycles. The lowest BCUT2D eigenvalue weighted by molar-refractivity contribution is -0.151. The van der Waals surface area contributed by atoms with E-state index in [-0.39, 0.29) is 36.9 Å². The number of ether oxygens (including phenoxy) is 2. The van der Waals surface area contributed by atoms with Crippen LogP contribution in [0.3, 0.4) is 0 Å². The van der Waals surface area contributed by atoms with Crippen molar-refractivity contribution in [2.75, 3.05) is 27.4 Å². The second-order valence-corrected chi connectivity index (χ2v) is 7.72. The maximum absolute atomic E-state index is 13.4. The van der Waals surface area contributed by atoms with E-state index in [1.54, 1.807) is 13.8 Å². The number of ketones is 1. The highest BCUT2D eigenvalue weighted by Gasteiger charge is 2.43. The quantitative estimate of drug-likeness (QED) is 0.371. The second kappa shape index (κ2) is 10.6. The van der Waals surface area contributed by atoms with Crippen LogP contribution in [0.1, 0.15) is 46.0 Å². The molecule has 0 radical (unpaired) electrons. The summed E-state index contributed by atoms with van der Waals surface area (Å²) in [6, 6.07) is 0. The highest BCUT2D eigenvalue weighted by Crippen LogP contribution is 2.60. The minimum atomic E-state index is -3.88. The highest BCUT2D eigenvalue weighted by atomic mass is 31.2. The summed E-state index contributed by atoms with van der Waals surface area (Å²) in [6.07, 6.45) is 2.11. The fourth-order valence-corrected chi connectivity index (χ4v) is 4.92. The van der Waals surface area contributed by atoms with E-state index >= 15 is 0 Å². The van der Waals surface area contributed by atoms with E-state index in [9.17, 15) is 18.9 Å². The number of rotatable bonds is 7. The molecule has 0 aromatic carbocycles. The van der Waals surface area contributed by atoms with Crippen molar-refractivity contribution in [2.45, 2.75) is 46.0 Å². The third-order valence-corrected chi connectivity index (χ3v) is 6.35. The average molecular weight is 390 g/mol. The average Bonchev–Trinajstić information content (AvgIpc) is 2.69. The maximum Gasteiger partial charge on any atom is 0.357 e. The molecule has 0 spiro atoms. The van der Waals surface area contributed by atoms with Crippen molar-refractivity contribution in [3.63, 3.8) is 0 Å². The number of methoxy groups -OCH3 is 2. The predicted octanol–water partition coefficient (Wildman–Crippen LogP) is 3.00. The zero-order valence-electron chi connectivity index (χ0n) is 15.7. The Balaban J connectivity index is 3.74. The molecule has 1 unspecified atom stereocenters. The Bertz CT molecular complexity index is 600. The Morgan fingerprint density at radius 1 is 1.00 bits per heavy atom. The molecule has 0 heterocycles. The third kappa shape index (κ3) is 5.25. The fraction of sp³-hybridized carbons (Fsp3) is 0.706. The Labute approximate surface area is 153 Å². The topological polar surface area (TPSA) is 105 Å². The van der Waals surface area contributed by atoms with Crippen LogP contribution in [0.25, 0.3) is 0 Å². The van der Waals surface area contributed by atoms with Crippen LogP contribution in [0.5, 0.6) is 0 Å². The minimum Gasteiger partial charge on any atom is -0.468 e. The molecular formula is C17H27O8P. The summed E-state index contributed by atoms with van der Waals surface area (Å²) in [5, 5.41) is 0.0266. The largest absolute Gasteiger partial charge is 0.468 e. The summed E-state index contributed by atoms with van der Waals surface area (Å²) in [5.41, 5.74) is -0.281. The lowest BCUT2D eigenvalue weighted by atomic mass is 9.91. The van der Waals surface area contributed by atoms with Crippen LogP contribution in [0.2, 0.25) is 0 Å². The van der Waals surface area contributed by atoms with Crippen LogP contribution in [-0.4, -0.2) is 45.2 Å². The van der Waals surface area contributed by atoms with E-state index in [1.807, 2.05) is 0 Å². The first-order valence-electron chi connectivity index (χ1n) is 8.67. The van der Waals surface area contributed by atoms with Gasteiger partial charge in [-0.2, -0.15) is 0 Å². The molecule has 0 aromatic heterocycles. The maximum atomic E-state index is 13.4. The summed E-state index contributed by atoms with van der Waals surface area (Å²) in [5.74, 6) is -3.79. The molecule has 148 valence electrons. The van der Waals surface area contributed by atoms with E-state index in [1.165, 1.54) is 0 Å². The number of carbonyl (C=O) groups excluding carboxylic acids is 3. The fourth-order valence-electron chi connectivity index (χ4n) is 2.91. The van der Waals surface area contributed by atoms with Gasteiger partial charge in [-0.1, -0.05) is 6.42 Å². The van der Waals surface area contributed by atoms with E-state index < -0.39 is 31.2 Å². The minimum absolute atomic E-state index is 0.0266. The highest BCUT2D eigenvalue weighted by molar-refractivity contribution is 7.58. The van der Waals surface area contributed by atoms with Crippen LogP contribution in [-0.2, 0) is 37.5 Å². The molecule has 1 rings (SSSR count). The van der Waals surface area contributed by atoms with Crippen LogP contribution in [0.15, 0.2) is 10.9 Å². The van der Waals surface area contributed by atoms with Gasteiger partial charge in [0, 0.05) is 6.42 Å². The Kier molecular flexibility index (Phi) is 9.19. The van der Waals surface area contributed by atoms with E-state index in [2.05, 4.69) is 0 Å². The van der Waals surface area contributed by atoms with Crippen LogP contribution >= 0.6 is 7.60 Å². The molecule has 1 atom stereocenters. The van der Waals surface area contributed by atoms with Crippen molar-refractivity contribution in [1.82, 2.24) is 0 Å². The Hall–Kier alpha value is -1.50. The number of carbonyl (C=O) groups is 3. The molecule has 0 saturated heterocycles.